The molecule has 3 nitrogen and oxygen atoms in total. The van der Waals surface area contributed by atoms with Crippen molar-refractivity contribution in [3.8, 4) is 0 Å². The summed E-state index contributed by atoms with van der Waals surface area (Å²) in [5, 5.41) is 0. The predicted octanol–water partition coefficient (Wildman–Crippen LogP) is 2.46. The van der Waals surface area contributed by atoms with Gasteiger partial charge in [-0.3, -0.25) is 4.90 Å². The number of likely N-dealkylation sites (tertiary alicyclic amines) is 1. The molecule has 104 valence electrons. The second-order valence-electron chi connectivity index (χ2n) is 6.10. The summed E-state index contributed by atoms with van der Waals surface area (Å²) in [6.07, 6.45) is 4.16. The lowest BCUT2D eigenvalue weighted by Gasteiger charge is -2.33. The Kier molecular flexibility index (Phi) is 3.76. The van der Waals surface area contributed by atoms with Gasteiger partial charge in [-0.2, -0.15) is 0 Å². The van der Waals surface area contributed by atoms with Gasteiger partial charge in [0.15, 0.2) is 0 Å². The molecule has 1 unspecified atom stereocenters. The molecule has 2 heterocycles. The average Bonchev–Trinajstić information content (AvgIpc) is 2.85. The summed E-state index contributed by atoms with van der Waals surface area (Å²) < 4.78 is 0. The lowest BCUT2D eigenvalue weighted by Crippen LogP contribution is -2.41. The van der Waals surface area contributed by atoms with Crippen molar-refractivity contribution in [3.05, 3.63) is 29.3 Å². The van der Waals surface area contributed by atoms with E-state index in [2.05, 4.69) is 28.9 Å². The van der Waals surface area contributed by atoms with Crippen molar-refractivity contribution >= 4 is 5.69 Å². The number of nitrogen functional groups attached to an aromatic ring is 1. The third kappa shape index (κ3) is 2.77. The highest BCUT2D eigenvalue weighted by Crippen LogP contribution is 2.29. The van der Waals surface area contributed by atoms with E-state index in [1.807, 2.05) is 6.07 Å². The van der Waals surface area contributed by atoms with Crippen LogP contribution in [0.3, 0.4) is 0 Å². The summed E-state index contributed by atoms with van der Waals surface area (Å²) >= 11 is 0. The Hall–Kier alpha value is -1.06. The van der Waals surface area contributed by atoms with Crippen LogP contribution in [0.25, 0.3) is 0 Å². The number of anilines is 1. The Morgan fingerprint density at radius 1 is 1.16 bits per heavy atom. The molecule has 3 rings (SSSR count). The molecule has 0 aromatic heterocycles. The topological polar surface area (TPSA) is 32.5 Å². The quantitative estimate of drug-likeness (QED) is 0.846. The van der Waals surface area contributed by atoms with Crippen LogP contribution < -0.4 is 5.73 Å². The molecule has 0 radical (unpaired) electrons. The van der Waals surface area contributed by atoms with E-state index in [-0.39, 0.29) is 0 Å². The molecule has 2 N–H and O–H groups in total. The maximum Gasteiger partial charge on any atom is 0.0363 e. The van der Waals surface area contributed by atoms with Gasteiger partial charge in [0.2, 0.25) is 0 Å². The number of hydrogen-bond donors (Lipinski definition) is 1. The van der Waals surface area contributed by atoms with Gasteiger partial charge in [-0.1, -0.05) is 18.6 Å². The van der Waals surface area contributed by atoms with Crippen LogP contribution in [0.1, 0.15) is 37.3 Å². The highest BCUT2D eigenvalue weighted by Gasteiger charge is 2.26. The van der Waals surface area contributed by atoms with E-state index in [4.69, 9.17) is 5.73 Å². The summed E-state index contributed by atoms with van der Waals surface area (Å²) in [4.78, 5) is 5.19. The summed E-state index contributed by atoms with van der Waals surface area (Å²) in [6, 6.07) is 6.94. The number of piperidine rings is 1. The first-order valence-corrected chi connectivity index (χ1v) is 7.56. The Bertz CT molecular complexity index is 438. The molecule has 1 saturated heterocycles. The molecule has 1 aromatic rings. The molecule has 1 fully saturated rings. The molecule has 2 aliphatic rings. The van der Waals surface area contributed by atoms with Crippen LogP contribution in [0.5, 0.6) is 0 Å². The van der Waals surface area contributed by atoms with E-state index in [9.17, 15) is 0 Å². The van der Waals surface area contributed by atoms with Crippen LogP contribution in [0.15, 0.2) is 18.2 Å². The molecule has 3 heteroatoms. The number of rotatable bonds is 3. The molecular weight excluding hydrogens is 234 g/mol. The normalized spacial score (nSPS) is 22.4. The van der Waals surface area contributed by atoms with Gasteiger partial charge in [0, 0.05) is 31.4 Å². The number of hydrogen-bond acceptors (Lipinski definition) is 3. The SMILES string of the molecule is CC(CN1CCCCC1)N1Cc2cccc(N)c2C1. The zero-order valence-electron chi connectivity index (χ0n) is 11.9. The fraction of sp³-hybridized carbons (Fsp3) is 0.625. The smallest absolute Gasteiger partial charge is 0.0363 e. The third-order valence-electron chi connectivity index (χ3n) is 4.64. The Balaban J connectivity index is 1.60. The van der Waals surface area contributed by atoms with E-state index in [1.54, 1.807) is 0 Å². The highest BCUT2D eigenvalue weighted by molar-refractivity contribution is 5.52. The largest absolute Gasteiger partial charge is 0.398 e. The third-order valence-corrected chi connectivity index (χ3v) is 4.64. The number of fused-ring (bicyclic) bond motifs is 1. The molecule has 0 spiro atoms. The van der Waals surface area contributed by atoms with Gasteiger partial charge >= 0.3 is 0 Å². The fourth-order valence-electron chi connectivity index (χ4n) is 3.42. The standard InChI is InChI=1S/C16H25N3/c1-13(10-18-8-3-2-4-9-18)19-11-14-6-5-7-16(17)15(14)12-19/h5-7,13H,2-4,8-12,17H2,1H3. The maximum absolute atomic E-state index is 6.08. The van der Waals surface area contributed by atoms with Gasteiger partial charge in [0.1, 0.15) is 0 Å². The molecule has 1 atom stereocenters. The summed E-state index contributed by atoms with van der Waals surface area (Å²) in [6.45, 7) is 8.22. The van der Waals surface area contributed by atoms with Crippen LogP contribution in [-0.2, 0) is 13.1 Å². The number of benzene rings is 1. The lowest BCUT2D eigenvalue weighted by atomic mass is 10.1. The van der Waals surface area contributed by atoms with E-state index in [0.29, 0.717) is 6.04 Å². The molecule has 0 bridgehead atoms. The van der Waals surface area contributed by atoms with E-state index < -0.39 is 0 Å². The van der Waals surface area contributed by atoms with Gasteiger partial charge in [-0.15, -0.1) is 0 Å². The minimum atomic E-state index is 0.616. The molecule has 0 aliphatic carbocycles. The Labute approximate surface area is 116 Å². The second-order valence-corrected chi connectivity index (χ2v) is 6.10. The molecule has 0 amide bonds. The van der Waals surface area contributed by atoms with E-state index in [0.717, 1.165) is 18.8 Å². The molecule has 2 aliphatic heterocycles. The van der Waals surface area contributed by atoms with Gasteiger partial charge in [0.25, 0.3) is 0 Å². The monoisotopic (exact) mass is 259 g/mol. The first-order chi connectivity index (χ1) is 9.24. The zero-order chi connectivity index (χ0) is 13.2. The first-order valence-electron chi connectivity index (χ1n) is 7.56. The van der Waals surface area contributed by atoms with Crippen LogP contribution in [0.2, 0.25) is 0 Å². The molecular formula is C16H25N3. The van der Waals surface area contributed by atoms with Gasteiger partial charge in [-0.05, 0) is 50.0 Å². The number of nitrogens with zero attached hydrogens (tertiary/aromatic N) is 2. The predicted molar refractivity (Wildman–Crippen MR) is 79.9 cm³/mol. The van der Waals surface area contributed by atoms with Crippen molar-refractivity contribution in [1.29, 1.82) is 0 Å². The summed E-state index contributed by atoms with van der Waals surface area (Å²) in [7, 11) is 0. The second kappa shape index (κ2) is 5.51. The summed E-state index contributed by atoms with van der Waals surface area (Å²) in [5.74, 6) is 0. The van der Waals surface area contributed by atoms with Gasteiger partial charge < -0.3 is 10.6 Å². The van der Waals surface area contributed by atoms with Crippen LogP contribution in [0, 0.1) is 0 Å². The van der Waals surface area contributed by atoms with Crippen LogP contribution in [-0.4, -0.2) is 35.5 Å². The Morgan fingerprint density at radius 3 is 2.68 bits per heavy atom. The van der Waals surface area contributed by atoms with Crippen molar-refractivity contribution < 1.29 is 0 Å². The molecule has 1 aromatic carbocycles. The van der Waals surface area contributed by atoms with Gasteiger partial charge in [0.05, 0.1) is 0 Å². The minimum Gasteiger partial charge on any atom is -0.398 e. The molecule has 0 saturated carbocycles. The minimum absolute atomic E-state index is 0.616. The van der Waals surface area contributed by atoms with Crippen molar-refractivity contribution in [2.75, 3.05) is 25.4 Å². The highest BCUT2D eigenvalue weighted by atomic mass is 15.2. The maximum atomic E-state index is 6.08. The van der Waals surface area contributed by atoms with Crippen LogP contribution >= 0.6 is 0 Å². The molecule has 19 heavy (non-hydrogen) atoms. The van der Waals surface area contributed by atoms with Crippen LogP contribution in [0.4, 0.5) is 5.69 Å². The first kappa shape index (κ1) is 12.9. The average molecular weight is 259 g/mol. The van der Waals surface area contributed by atoms with Crippen molar-refractivity contribution in [1.82, 2.24) is 9.80 Å². The van der Waals surface area contributed by atoms with Gasteiger partial charge in [-0.25, -0.2) is 0 Å². The number of nitrogens with two attached hydrogens (primary N) is 1. The Morgan fingerprint density at radius 2 is 1.95 bits per heavy atom. The lowest BCUT2D eigenvalue weighted by molar-refractivity contribution is 0.134. The van der Waals surface area contributed by atoms with E-state index in [1.165, 1.54) is 50.0 Å². The van der Waals surface area contributed by atoms with Crippen molar-refractivity contribution in [3.63, 3.8) is 0 Å². The van der Waals surface area contributed by atoms with E-state index >= 15 is 0 Å². The van der Waals surface area contributed by atoms with Crippen molar-refractivity contribution in [2.24, 2.45) is 0 Å². The van der Waals surface area contributed by atoms with Crippen molar-refractivity contribution in [2.45, 2.75) is 45.3 Å². The summed E-state index contributed by atoms with van der Waals surface area (Å²) in [5.41, 5.74) is 9.82. The zero-order valence-corrected chi connectivity index (χ0v) is 11.9. The fourth-order valence-corrected chi connectivity index (χ4v) is 3.42.